The first-order chi connectivity index (χ1) is 13.3. The highest BCUT2D eigenvalue weighted by atomic mass is 14.5. The van der Waals surface area contributed by atoms with E-state index < -0.39 is 0 Å². The Morgan fingerprint density at radius 3 is 2.50 bits per heavy atom. The van der Waals surface area contributed by atoms with Gasteiger partial charge in [0.2, 0.25) is 0 Å². The highest BCUT2D eigenvalue weighted by Gasteiger charge is 2.43. The number of hydrogen-bond acceptors (Lipinski definition) is 1. The van der Waals surface area contributed by atoms with E-state index in [1.54, 1.807) is 0 Å². The fourth-order valence-corrected chi connectivity index (χ4v) is 4.93. The lowest BCUT2D eigenvalue weighted by Gasteiger charge is -2.47. The maximum atomic E-state index is 9.27. The number of nitrogens with zero attached hydrogens (tertiary/aromatic N) is 1. The molecule has 0 amide bonds. The standard InChI is InChI=1S/C27H33N/c1-18-7-10-22(11-8-18)12-9-19(2)25-17-26-24(20(3)21(25)4)14-13-23(15-16-28)27(26,5)6/h7-8,10-11,17,23-24H,2-3,9,12-15H2,1,4-6H3. The molecule has 28 heavy (non-hydrogen) atoms. The molecule has 1 fully saturated rings. The number of rotatable bonds is 5. The highest BCUT2D eigenvalue weighted by Crippen LogP contribution is 2.54. The van der Waals surface area contributed by atoms with E-state index in [2.05, 4.69) is 77.3 Å². The molecule has 146 valence electrons. The summed E-state index contributed by atoms with van der Waals surface area (Å²) in [6, 6.07) is 11.2. The molecule has 0 saturated heterocycles. The van der Waals surface area contributed by atoms with Gasteiger partial charge in [0, 0.05) is 12.3 Å². The van der Waals surface area contributed by atoms with Crippen LogP contribution in [0, 0.1) is 35.5 Å². The Labute approximate surface area is 171 Å². The molecule has 0 heterocycles. The zero-order valence-corrected chi connectivity index (χ0v) is 17.9. The number of nitriles is 1. The van der Waals surface area contributed by atoms with Crippen LogP contribution in [-0.4, -0.2) is 0 Å². The summed E-state index contributed by atoms with van der Waals surface area (Å²) in [7, 11) is 0. The van der Waals surface area contributed by atoms with Gasteiger partial charge in [-0.3, -0.25) is 0 Å². The molecule has 3 rings (SSSR count). The zero-order chi connectivity index (χ0) is 20.5. The molecular formula is C27H33N. The van der Waals surface area contributed by atoms with E-state index >= 15 is 0 Å². The fraction of sp³-hybridized carbons (Fsp3) is 0.444. The number of fused-ring (bicyclic) bond motifs is 1. The molecule has 0 aromatic heterocycles. The Morgan fingerprint density at radius 2 is 1.86 bits per heavy atom. The van der Waals surface area contributed by atoms with Gasteiger partial charge in [0.25, 0.3) is 0 Å². The van der Waals surface area contributed by atoms with E-state index in [0.717, 1.165) is 25.7 Å². The van der Waals surface area contributed by atoms with E-state index in [-0.39, 0.29) is 5.41 Å². The first-order valence-corrected chi connectivity index (χ1v) is 10.5. The van der Waals surface area contributed by atoms with Crippen LogP contribution in [0.2, 0.25) is 0 Å². The second kappa shape index (κ2) is 7.96. The molecule has 1 nitrogen and oxygen atoms in total. The molecule has 2 aliphatic rings. The van der Waals surface area contributed by atoms with Gasteiger partial charge in [-0.05, 0) is 78.7 Å². The Kier molecular flexibility index (Phi) is 5.80. The van der Waals surface area contributed by atoms with Crippen molar-refractivity contribution in [3.05, 3.63) is 82.5 Å². The molecule has 1 saturated carbocycles. The summed E-state index contributed by atoms with van der Waals surface area (Å²) in [5.41, 5.74) is 9.18. The van der Waals surface area contributed by atoms with E-state index in [0.29, 0.717) is 18.3 Å². The van der Waals surface area contributed by atoms with Crippen LogP contribution in [0.5, 0.6) is 0 Å². The van der Waals surface area contributed by atoms with Crippen molar-refractivity contribution in [1.82, 2.24) is 0 Å². The SMILES string of the molecule is C=C(CCc1ccc(C)cc1)C1=C(C)C(=C)C2CCC(CC#N)C(C)(C)C2=C1. The third kappa shape index (κ3) is 3.79. The van der Waals surface area contributed by atoms with Gasteiger partial charge < -0.3 is 0 Å². The van der Waals surface area contributed by atoms with Gasteiger partial charge in [-0.25, -0.2) is 0 Å². The largest absolute Gasteiger partial charge is 0.198 e. The van der Waals surface area contributed by atoms with E-state index in [9.17, 15) is 5.26 Å². The lowest BCUT2D eigenvalue weighted by atomic mass is 9.57. The van der Waals surface area contributed by atoms with Gasteiger partial charge in [0.1, 0.15) is 0 Å². The van der Waals surface area contributed by atoms with Gasteiger partial charge in [-0.1, -0.05) is 68.5 Å². The monoisotopic (exact) mass is 371 g/mol. The molecule has 1 aromatic carbocycles. The van der Waals surface area contributed by atoms with Crippen molar-refractivity contribution in [1.29, 1.82) is 5.26 Å². The molecule has 0 aliphatic heterocycles. The second-order valence-electron chi connectivity index (χ2n) is 9.16. The molecule has 0 N–H and O–H groups in total. The maximum absolute atomic E-state index is 9.27. The minimum atomic E-state index is 0.0325. The third-order valence-corrected chi connectivity index (χ3v) is 7.10. The van der Waals surface area contributed by atoms with Gasteiger partial charge in [-0.15, -0.1) is 0 Å². The summed E-state index contributed by atoms with van der Waals surface area (Å²) in [6.07, 6.45) is 7.22. The highest BCUT2D eigenvalue weighted by molar-refractivity contribution is 5.57. The number of allylic oxidation sites excluding steroid dienone is 6. The number of aryl methyl sites for hydroxylation is 2. The fourth-order valence-electron chi connectivity index (χ4n) is 4.93. The molecule has 0 spiro atoms. The van der Waals surface area contributed by atoms with Gasteiger partial charge in [0.05, 0.1) is 6.07 Å². The summed E-state index contributed by atoms with van der Waals surface area (Å²) in [6.45, 7) is 17.9. The van der Waals surface area contributed by atoms with Gasteiger partial charge in [-0.2, -0.15) is 5.26 Å². The topological polar surface area (TPSA) is 23.8 Å². The Balaban J connectivity index is 1.85. The van der Waals surface area contributed by atoms with E-state index in [1.165, 1.54) is 39.0 Å². The lowest BCUT2D eigenvalue weighted by Crippen LogP contribution is -2.37. The second-order valence-corrected chi connectivity index (χ2v) is 9.16. The Bertz CT molecular complexity index is 883. The summed E-state index contributed by atoms with van der Waals surface area (Å²) >= 11 is 0. The van der Waals surface area contributed by atoms with Crippen LogP contribution in [0.4, 0.5) is 0 Å². The smallest absolute Gasteiger partial charge is 0.0624 e. The van der Waals surface area contributed by atoms with E-state index in [1.807, 2.05) is 0 Å². The summed E-state index contributed by atoms with van der Waals surface area (Å²) < 4.78 is 0. The van der Waals surface area contributed by atoms with Crippen molar-refractivity contribution < 1.29 is 0 Å². The third-order valence-electron chi connectivity index (χ3n) is 7.10. The van der Waals surface area contributed by atoms with E-state index in [4.69, 9.17) is 0 Å². The van der Waals surface area contributed by atoms with Crippen molar-refractivity contribution >= 4 is 0 Å². The minimum absolute atomic E-state index is 0.0325. The molecule has 2 atom stereocenters. The molecule has 0 bridgehead atoms. The van der Waals surface area contributed by atoms with Crippen molar-refractivity contribution in [2.24, 2.45) is 17.3 Å². The van der Waals surface area contributed by atoms with Crippen LogP contribution in [0.15, 0.2) is 71.4 Å². The average molecular weight is 372 g/mol. The van der Waals surface area contributed by atoms with Crippen molar-refractivity contribution in [2.75, 3.05) is 0 Å². The van der Waals surface area contributed by atoms with Crippen LogP contribution in [-0.2, 0) is 6.42 Å². The number of benzene rings is 1. The molecule has 1 aromatic rings. The molecular weight excluding hydrogens is 338 g/mol. The van der Waals surface area contributed by atoms with Gasteiger partial charge >= 0.3 is 0 Å². The Morgan fingerprint density at radius 1 is 1.18 bits per heavy atom. The molecule has 0 radical (unpaired) electrons. The minimum Gasteiger partial charge on any atom is -0.198 e. The van der Waals surface area contributed by atoms with Crippen LogP contribution in [0.3, 0.4) is 0 Å². The predicted molar refractivity (Wildman–Crippen MR) is 119 cm³/mol. The number of hydrogen-bond donors (Lipinski definition) is 0. The summed E-state index contributed by atoms with van der Waals surface area (Å²) in [5.74, 6) is 0.854. The maximum Gasteiger partial charge on any atom is 0.0624 e. The van der Waals surface area contributed by atoms with Crippen molar-refractivity contribution in [3.8, 4) is 6.07 Å². The van der Waals surface area contributed by atoms with Crippen LogP contribution in [0.1, 0.15) is 57.6 Å². The lowest BCUT2D eigenvalue weighted by molar-refractivity contribution is 0.185. The Hall–Kier alpha value is -2.33. The first kappa shape index (κ1) is 20.4. The zero-order valence-electron chi connectivity index (χ0n) is 17.9. The van der Waals surface area contributed by atoms with Crippen LogP contribution in [0.25, 0.3) is 0 Å². The summed E-state index contributed by atoms with van der Waals surface area (Å²) in [4.78, 5) is 0. The summed E-state index contributed by atoms with van der Waals surface area (Å²) in [5, 5.41) is 9.27. The average Bonchev–Trinajstić information content (AvgIpc) is 2.66. The van der Waals surface area contributed by atoms with Crippen molar-refractivity contribution in [2.45, 2.75) is 59.8 Å². The quantitative estimate of drug-likeness (QED) is 0.534. The van der Waals surface area contributed by atoms with Crippen LogP contribution < -0.4 is 0 Å². The first-order valence-electron chi connectivity index (χ1n) is 10.5. The normalized spacial score (nSPS) is 23.7. The molecule has 2 unspecified atom stereocenters. The van der Waals surface area contributed by atoms with Crippen LogP contribution >= 0.6 is 0 Å². The predicted octanol–water partition coefficient (Wildman–Crippen LogP) is 7.26. The molecule has 2 aliphatic carbocycles. The van der Waals surface area contributed by atoms with Gasteiger partial charge in [0.15, 0.2) is 0 Å². The van der Waals surface area contributed by atoms with Crippen molar-refractivity contribution in [3.63, 3.8) is 0 Å². The molecule has 1 heteroatoms.